The first-order valence-electron chi connectivity index (χ1n) is 9.59. The molecule has 0 saturated heterocycles. The van der Waals surface area contributed by atoms with Crippen LogP contribution < -0.4 is 5.73 Å². The van der Waals surface area contributed by atoms with Gasteiger partial charge < -0.3 is 19.6 Å². The molecule has 0 unspecified atom stereocenters. The van der Waals surface area contributed by atoms with Crippen LogP contribution in [0.25, 0.3) is 11.1 Å². The number of carbonyl (C=O) groups excluding carboxylic acids is 2. The monoisotopic (exact) mass is 480 g/mol. The fourth-order valence-corrected chi connectivity index (χ4v) is 3.87. The third-order valence-electron chi connectivity index (χ3n) is 4.55. The van der Waals surface area contributed by atoms with Gasteiger partial charge in [-0.05, 0) is 32.0 Å². The van der Waals surface area contributed by atoms with Crippen molar-refractivity contribution in [3.05, 3.63) is 46.7 Å². The van der Waals surface area contributed by atoms with E-state index in [-0.39, 0.29) is 45.6 Å². The largest absolute Gasteiger partial charge is 0.462 e. The van der Waals surface area contributed by atoms with E-state index < -0.39 is 39.9 Å². The summed E-state index contributed by atoms with van der Waals surface area (Å²) in [5, 5.41) is 0.161. The van der Waals surface area contributed by atoms with Crippen LogP contribution in [0.4, 0.5) is 10.2 Å². The summed E-state index contributed by atoms with van der Waals surface area (Å²) < 4.78 is 55.1. The van der Waals surface area contributed by atoms with Crippen molar-refractivity contribution < 1.29 is 36.3 Å². The summed E-state index contributed by atoms with van der Waals surface area (Å²) in [7, 11) is -1.28. The number of sulfonamides is 1. The van der Waals surface area contributed by atoms with Crippen LogP contribution in [0.3, 0.4) is 0 Å². The van der Waals surface area contributed by atoms with Gasteiger partial charge in [-0.15, -0.1) is 0 Å². The van der Waals surface area contributed by atoms with E-state index in [4.69, 9.17) is 19.6 Å². The lowest BCUT2D eigenvalue weighted by Gasteiger charge is -2.12. The summed E-state index contributed by atoms with van der Waals surface area (Å²) in [5.74, 6) is -2.69. The predicted octanol–water partition coefficient (Wildman–Crippen LogP) is 2.04. The van der Waals surface area contributed by atoms with Crippen molar-refractivity contribution in [1.82, 2.24) is 14.3 Å². The number of nitrogens with zero attached hydrogens (tertiary/aromatic N) is 3. The molecule has 0 radical (unpaired) electrons. The first-order chi connectivity index (χ1) is 15.5. The SMILES string of the molecule is CCOC(=O)c1c(C)oc2nc(COC(=O)c3cc(S(=O)(=O)N(C)C)ccc3F)nc(N)c12. The molecule has 1 aromatic carbocycles. The molecule has 0 aliphatic carbocycles. The lowest BCUT2D eigenvalue weighted by Crippen LogP contribution is -2.22. The maximum absolute atomic E-state index is 14.2. The zero-order chi connectivity index (χ0) is 24.5. The van der Waals surface area contributed by atoms with Gasteiger partial charge in [0.1, 0.15) is 23.0 Å². The third-order valence-corrected chi connectivity index (χ3v) is 6.36. The van der Waals surface area contributed by atoms with Crippen LogP contribution in [-0.2, 0) is 26.1 Å². The quantitative estimate of drug-likeness (QED) is 0.497. The van der Waals surface area contributed by atoms with Crippen LogP contribution in [-0.4, -0.2) is 55.3 Å². The highest BCUT2D eigenvalue weighted by molar-refractivity contribution is 7.89. The Morgan fingerprint density at radius 3 is 2.52 bits per heavy atom. The van der Waals surface area contributed by atoms with Crippen LogP contribution >= 0.6 is 0 Å². The number of furan rings is 1. The molecule has 33 heavy (non-hydrogen) atoms. The van der Waals surface area contributed by atoms with Gasteiger partial charge in [-0.25, -0.2) is 31.7 Å². The molecule has 11 nitrogen and oxygen atoms in total. The van der Waals surface area contributed by atoms with Gasteiger partial charge in [-0.1, -0.05) is 0 Å². The number of aryl methyl sites for hydroxylation is 1. The molecule has 3 aromatic rings. The topological polar surface area (TPSA) is 155 Å². The minimum atomic E-state index is -3.89. The molecule has 13 heteroatoms. The van der Waals surface area contributed by atoms with E-state index in [2.05, 4.69) is 9.97 Å². The van der Waals surface area contributed by atoms with Crippen molar-refractivity contribution in [2.24, 2.45) is 0 Å². The van der Waals surface area contributed by atoms with Crippen LogP contribution in [0, 0.1) is 12.7 Å². The molecule has 0 bridgehead atoms. The highest BCUT2D eigenvalue weighted by Crippen LogP contribution is 2.29. The summed E-state index contributed by atoms with van der Waals surface area (Å²) in [6.07, 6.45) is 0. The molecule has 0 spiro atoms. The number of esters is 2. The fraction of sp³-hybridized carbons (Fsp3) is 0.300. The minimum absolute atomic E-state index is 0.0145. The summed E-state index contributed by atoms with van der Waals surface area (Å²) >= 11 is 0. The Morgan fingerprint density at radius 1 is 1.18 bits per heavy atom. The van der Waals surface area contributed by atoms with Gasteiger partial charge in [0.2, 0.25) is 15.7 Å². The van der Waals surface area contributed by atoms with E-state index in [9.17, 15) is 22.4 Å². The molecular formula is C20H21FN4O7S. The van der Waals surface area contributed by atoms with E-state index in [1.54, 1.807) is 6.92 Å². The molecule has 2 N–H and O–H groups in total. The number of fused-ring (bicyclic) bond motifs is 1. The highest BCUT2D eigenvalue weighted by Gasteiger charge is 2.25. The highest BCUT2D eigenvalue weighted by atomic mass is 32.2. The van der Waals surface area contributed by atoms with Crippen LogP contribution in [0.15, 0.2) is 27.5 Å². The Kier molecular flexibility index (Phi) is 6.65. The van der Waals surface area contributed by atoms with Gasteiger partial charge in [0.05, 0.1) is 22.5 Å². The number of hydrogen-bond acceptors (Lipinski definition) is 10. The molecule has 3 rings (SSSR count). The molecule has 0 aliphatic heterocycles. The second-order valence-electron chi connectivity index (χ2n) is 6.96. The number of halogens is 1. The molecule has 0 fully saturated rings. The Morgan fingerprint density at radius 2 is 1.88 bits per heavy atom. The summed E-state index contributed by atoms with van der Waals surface area (Å²) in [6, 6.07) is 2.78. The number of anilines is 1. The number of rotatable bonds is 7. The van der Waals surface area contributed by atoms with E-state index in [0.29, 0.717) is 0 Å². The predicted molar refractivity (Wildman–Crippen MR) is 113 cm³/mol. The van der Waals surface area contributed by atoms with E-state index >= 15 is 0 Å². The zero-order valence-corrected chi connectivity index (χ0v) is 19.0. The molecule has 176 valence electrons. The Bertz CT molecular complexity index is 1350. The summed E-state index contributed by atoms with van der Waals surface area (Å²) in [4.78, 5) is 32.4. The maximum atomic E-state index is 14.2. The number of aromatic nitrogens is 2. The molecule has 2 heterocycles. The van der Waals surface area contributed by atoms with Gasteiger partial charge in [-0.2, -0.15) is 4.98 Å². The molecular weight excluding hydrogens is 459 g/mol. The molecule has 0 amide bonds. The standard InChI is InChI=1S/C20H21FN4O7S/c1-5-30-20(27)15-10(2)32-18-16(15)17(22)23-14(24-18)9-31-19(26)12-8-11(6-7-13(12)21)33(28,29)25(3)4/h6-8H,5,9H2,1-4H3,(H2,22,23,24). The normalized spacial score (nSPS) is 11.7. The first kappa shape index (κ1) is 24.1. The van der Waals surface area contributed by atoms with Gasteiger partial charge in [0, 0.05) is 14.1 Å². The Hall–Kier alpha value is -3.58. The fourth-order valence-electron chi connectivity index (χ4n) is 2.94. The van der Waals surface area contributed by atoms with Gasteiger partial charge in [0.25, 0.3) is 0 Å². The molecule has 0 aliphatic rings. The minimum Gasteiger partial charge on any atom is -0.462 e. The first-order valence-corrected chi connectivity index (χ1v) is 11.0. The van der Waals surface area contributed by atoms with Crippen molar-refractivity contribution in [3.8, 4) is 0 Å². The van der Waals surface area contributed by atoms with Crippen molar-refractivity contribution >= 4 is 38.9 Å². The maximum Gasteiger partial charge on any atom is 0.342 e. The van der Waals surface area contributed by atoms with Crippen molar-refractivity contribution in [1.29, 1.82) is 0 Å². The third kappa shape index (κ3) is 4.64. The smallest absolute Gasteiger partial charge is 0.342 e. The summed E-state index contributed by atoms with van der Waals surface area (Å²) in [6.45, 7) is 2.81. The average molecular weight is 480 g/mol. The van der Waals surface area contributed by atoms with Gasteiger partial charge in [0.15, 0.2) is 12.4 Å². The second kappa shape index (κ2) is 9.11. The number of ether oxygens (including phenoxy) is 2. The Labute approximate surface area is 188 Å². The van der Waals surface area contributed by atoms with Crippen molar-refractivity contribution in [3.63, 3.8) is 0 Å². The zero-order valence-electron chi connectivity index (χ0n) is 18.2. The lowest BCUT2D eigenvalue weighted by molar-refractivity contribution is 0.0455. The van der Waals surface area contributed by atoms with E-state index in [0.717, 1.165) is 22.5 Å². The Balaban J connectivity index is 1.87. The van der Waals surface area contributed by atoms with Crippen LogP contribution in [0.1, 0.15) is 39.2 Å². The molecule has 2 aromatic heterocycles. The number of carbonyl (C=O) groups is 2. The van der Waals surface area contributed by atoms with E-state index in [1.807, 2.05) is 0 Å². The number of benzene rings is 1. The van der Waals surface area contributed by atoms with Crippen molar-refractivity contribution in [2.75, 3.05) is 26.4 Å². The van der Waals surface area contributed by atoms with Gasteiger partial charge in [-0.3, -0.25) is 0 Å². The van der Waals surface area contributed by atoms with Crippen LogP contribution in [0.5, 0.6) is 0 Å². The molecule has 0 saturated carbocycles. The lowest BCUT2D eigenvalue weighted by atomic mass is 10.2. The number of nitrogens with two attached hydrogens (primary N) is 1. The second-order valence-corrected chi connectivity index (χ2v) is 9.12. The van der Waals surface area contributed by atoms with Gasteiger partial charge >= 0.3 is 11.9 Å². The molecule has 0 atom stereocenters. The van der Waals surface area contributed by atoms with Crippen LogP contribution in [0.2, 0.25) is 0 Å². The number of hydrogen-bond donors (Lipinski definition) is 1. The average Bonchev–Trinajstić information content (AvgIpc) is 3.08. The number of nitrogen functional groups attached to an aromatic ring is 1. The summed E-state index contributed by atoms with van der Waals surface area (Å²) in [5.41, 5.74) is 5.45. The van der Waals surface area contributed by atoms with Crippen molar-refractivity contribution in [2.45, 2.75) is 25.3 Å². The van der Waals surface area contributed by atoms with E-state index in [1.165, 1.54) is 21.0 Å².